The highest BCUT2D eigenvalue weighted by Crippen LogP contribution is 2.21. The highest BCUT2D eigenvalue weighted by molar-refractivity contribution is 5.72. The minimum Gasteiger partial charge on any atom is -0.296 e. The molecule has 0 aliphatic carbocycles. The van der Waals surface area contributed by atoms with Crippen molar-refractivity contribution in [3.05, 3.63) is 29.1 Å². The SMILES string of the molecule is Cc1cnc(C=O)cc1C(F)F. The van der Waals surface area contributed by atoms with Crippen molar-refractivity contribution < 1.29 is 13.6 Å². The number of pyridine rings is 1. The van der Waals surface area contributed by atoms with E-state index in [1.807, 2.05) is 0 Å². The zero-order chi connectivity index (χ0) is 9.14. The van der Waals surface area contributed by atoms with Gasteiger partial charge in [-0.3, -0.25) is 9.78 Å². The summed E-state index contributed by atoms with van der Waals surface area (Å²) in [6.07, 6.45) is -0.831. The van der Waals surface area contributed by atoms with E-state index in [9.17, 15) is 13.6 Å². The summed E-state index contributed by atoms with van der Waals surface area (Å²) in [5.74, 6) is 0. The average molecular weight is 171 g/mol. The molecule has 0 atom stereocenters. The van der Waals surface area contributed by atoms with Crippen LogP contribution in [0.25, 0.3) is 0 Å². The normalized spacial score (nSPS) is 10.3. The third-order valence-corrected chi connectivity index (χ3v) is 1.52. The zero-order valence-electron chi connectivity index (χ0n) is 6.42. The zero-order valence-corrected chi connectivity index (χ0v) is 6.42. The maximum atomic E-state index is 12.2. The smallest absolute Gasteiger partial charge is 0.264 e. The lowest BCUT2D eigenvalue weighted by Crippen LogP contribution is -1.95. The van der Waals surface area contributed by atoms with Crippen molar-refractivity contribution in [2.75, 3.05) is 0 Å². The minimum absolute atomic E-state index is 0.0379. The molecular weight excluding hydrogens is 164 g/mol. The van der Waals surface area contributed by atoms with Crippen LogP contribution in [0.15, 0.2) is 12.3 Å². The number of carbonyl (C=O) groups excluding carboxylic acids is 1. The van der Waals surface area contributed by atoms with Crippen LogP contribution in [0.3, 0.4) is 0 Å². The Kier molecular flexibility index (Phi) is 2.47. The van der Waals surface area contributed by atoms with Gasteiger partial charge >= 0.3 is 0 Å². The Labute approximate surface area is 68.2 Å². The highest BCUT2D eigenvalue weighted by atomic mass is 19.3. The maximum absolute atomic E-state index is 12.2. The summed E-state index contributed by atoms with van der Waals surface area (Å²) >= 11 is 0. The van der Waals surface area contributed by atoms with Crippen molar-refractivity contribution in [3.63, 3.8) is 0 Å². The van der Waals surface area contributed by atoms with Gasteiger partial charge in [0, 0.05) is 11.8 Å². The largest absolute Gasteiger partial charge is 0.296 e. The van der Waals surface area contributed by atoms with Crippen LogP contribution in [0.5, 0.6) is 0 Å². The molecule has 1 aromatic heterocycles. The van der Waals surface area contributed by atoms with Crippen molar-refractivity contribution in [1.82, 2.24) is 4.98 Å². The number of rotatable bonds is 2. The molecule has 1 heterocycles. The second-order valence-corrected chi connectivity index (χ2v) is 2.38. The lowest BCUT2D eigenvalue weighted by molar-refractivity contribution is 0.111. The van der Waals surface area contributed by atoms with E-state index in [-0.39, 0.29) is 11.3 Å². The average Bonchev–Trinajstić information content (AvgIpc) is 2.05. The van der Waals surface area contributed by atoms with E-state index in [0.29, 0.717) is 11.8 Å². The first-order chi connectivity index (χ1) is 5.65. The van der Waals surface area contributed by atoms with Gasteiger partial charge < -0.3 is 0 Å². The standard InChI is InChI=1S/C8H7F2NO/c1-5-3-11-6(4-12)2-7(5)8(9)10/h2-4,8H,1H3. The van der Waals surface area contributed by atoms with E-state index in [1.165, 1.54) is 13.1 Å². The van der Waals surface area contributed by atoms with Crippen LogP contribution in [0.4, 0.5) is 8.78 Å². The number of aldehydes is 1. The number of halogens is 2. The molecule has 0 spiro atoms. The maximum Gasteiger partial charge on any atom is 0.264 e. The van der Waals surface area contributed by atoms with E-state index < -0.39 is 6.43 Å². The van der Waals surface area contributed by atoms with E-state index in [1.54, 1.807) is 0 Å². The van der Waals surface area contributed by atoms with Crippen LogP contribution in [0.2, 0.25) is 0 Å². The molecule has 0 fully saturated rings. The summed E-state index contributed by atoms with van der Waals surface area (Å²) in [6, 6.07) is 1.10. The molecule has 64 valence electrons. The lowest BCUT2D eigenvalue weighted by atomic mass is 10.1. The minimum atomic E-state index is -2.55. The van der Waals surface area contributed by atoms with Crippen molar-refractivity contribution in [2.45, 2.75) is 13.3 Å². The Bertz CT molecular complexity index is 299. The molecule has 0 bridgehead atoms. The van der Waals surface area contributed by atoms with Gasteiger partial charge in [0.25, 0.3) is 6.43 Å². The van der Waals surface area contributed by atoms with Crippen LogP contribution < -0.4 is 0 Å². The topological polar surface area (TPSA) is 30.0 Å². The summed E-state index contributed by atoms with van der Waals surface area (Å²) in [4.78, 5) is 13.8. The fourth-order valence-electron chi connectivity index (χ4n) is 0.856. The Morgan fingerprint density at radius 2 is 2.25 bits per heavy atom. The van der Waals surface area contributed by atoms with Crippen molar-refractivity contribution in [2.24, 2.45) is 0 Å². The van der Waals surface area contributed by atoms with E-state index >= 15 is 0 Å². The van der Waals surface area contributed by atoms with Crippen molar-refractivity contribution in [3.8, 4) is 0 Å². The molecule has 0 radical (unpaired) electrons. The number of aryl methyl sites for hydroxylation is 1. The first-order valence-corrected chi connectivity index (χ1v) is 3.35. The number of carbonyl (C=O) groups is 1. The first kappa shape index (κ1) is 8.77. The van der Waals surface area contributed by atoms with Gasteiger partial charge in [-0.1, -0.05) is 0 Å². The second-order valence-electron chi connectivity index (χ2n) is 2.38. The molecule has 0 unspecified atom stereocenters. The van der Waals surface area contributed by atoms with E-state index in [2.05, 4.69) is 4.98 Å². The summed E-state index contributed by atoms with van der Waals surface area (Å²) < 4.78 is 24.4. The third kappa shape index (κ3) is 1.64. The Hall–Kier alpha value is -1.32. The second kappa shape index (κ2) is 3.38. The molecule has 0 N–H and O–H groups in total. The van der Waals surface area contributed by atoms with Gasteiger partial charge in [0.15, 0.2) is 6.29 Å². The van der Waals surface area contributed by atoms with Crippen molar-refractivity contribution in [1.29, 1.82) is 0 Å². The van der Waals surface area contributed by atoms with Gasteiger partial charge in [0.2, 0.25) is 0 Å². The van der Waals surface area contributed by atoms with Gasteiger partial charge in [-0.15, -0.1) is 0 Å². The fraction of sp³-hybridized carbons (Fsp3) is 0.250. The molecule has 1 rings (SSSR count). The van der Waals surface area contributed by atoms with E-state index in [4.69, 9.17) is 0 Å². The number of hydrogen-bond acceptors (Lipinski definition) is 2. The molecule has 0 aliphatic rings. The van der Waals surface area contributed by atoms with Gasteiger partial charge in [-0.25, -0.2) is 8.78 Å². The molecule has 12 heavy (non-hydrogen) atoms. The Balaban J connectivity index is 3.16. The van der Waals surface area contributed by atoms with Crippen molar-refractivity contribution >= 4 is 6.29 Å². The molecule has 0 saturated carbocycles. The Morgan fingerprint density at radius 3 is 2.75 bits per heavy atom. The molecule has 4 heteroatoms. The lowest BCUT2D eigenvalue weighted by Gasteiger charge is -2.03. The quantitative estimate of drug-likeness (QED) is 0.638. The highest BCUT2D eigenvalue weighted by Gasteiger charge is 2.11. The van der Waals surface area contributed by atoms with Gasteiger partial charge in [-0.05, 0) is 18.6 Å². The van der Waals surface area contributed by atoms with Crippen LogP contribution in [-0.2, 0) is 0 Å². The monoisotopic (exact) mass is 171 g/mol. The summed E-state index contributed by atoms with van der Waals surface area (Å²) in [5.41, 5.74) is 0.304. The fourth-order valence-corrected chi connectivity index (χ4v) is 0.856. The number of aromatic nitrogens is 1. The number of alkyl halides is 2. The first-order valence-electron chi connectivity index (χ1n) is 3.35. The predicted molar refractivity (Wildman–Crippen MR) is 39.3 cm³/mol. The molecule has 0 saturated heterocycles. The van der Waals surface area contributed by atoms with Crippen LogP contribution in [-0.4, -0.2) is 11.3 Å². The van der Waals surface area contributed by atoms with Crippen LogP contribution >= 0.6 is 0 Å². The van der Waals surface area contributed by atoms with Gasteiger partial charge in [0.05, 0.1) is 0 Å². The summed E-state index contributed by atoms with van der Waals surface area (Å²) in [6.45, 7) is 1.53. The molecule has 0 amide bonds. The molecule has 1 aromatic rings. The molecular formula is C8H7F2NO. The molecule has 0 aromatic carbocycles. The molecule has 2 nitrogen and oxygen atoms in total. The van der Waals surface area contributed by atoms with E-state index in [0.717, 1.165) is 6.07 Å². The van der Waals surface area contributed by atoms with Gasteiger partial charge in [-0.2, -0.15) is 0 Å². The predicted octanol–water partition coefficient (Wildman–Crippen LogP) is 2.14. The van der Waals surface area contributed by atoms with Crippen LogP contribution in [0.1, 0.15) is 28.0 Å². The number of nitrogens with zero attached hydrogens (tertiary/aromatic N) is 1. The Morgan fingerprint density at radius 1 is 1.58 bits per heavy atom. The number of hydrogen-bond donors (Lipinski definition) is 0. The third-order valence-electron chi connectivity index (χ3n) is 1.52. The van der Waals surface area contributed by atoms with Gasteiger partial charge in [0.1, 0.15) is 5.69 Å². The summed E-state index contributed by atoms with van der Waals surface area (Å²) in [5, 5.41) is 0. The molecule has 0 aliphatic heterocycles. The summed E-state index contributed by atoms with van der Waals surface area (Å²) in [7, 11) is 0. The van der Waals surface area contributed by atoms with Crippen LogP contribution in [0, 0.1) is 6.92 Å².